The highest BCUT2D eigenvalue weighted by molar-refractivity contribution is 7.12. The molecule has 0 radical (unpaired) electrons. The maximum atomic E-state index is 12.2. The van der Waals surface area contributed by atoms with Gasteiger partial charge in [0.05, 0.1) is 14.2 Å². The van der Waals surface area contributed by atoms with Crippen molar-refractivity contribution in [3.8, 4) is 11.5 Å². The van der Waals surface area contributed by atoms with Gasteiger partial charge < -0.3 is 29.0 Å². The van der Waals surface area contributed by atoms with Gasteiger partial charge in [0.1, 0.15) is 36.4 Å². The van der Waals surface area contributed by atoms with Gasteiger partial charge in [-0.2, -0.15) is 0 Å². The molecule has 1 amide bonds. The van der Waals surface area contributed by atoms with E-state index in [1.165, 1.54) is 36.9 Å². The summed E-state index contributed by atoms with van der Waals surface area (Å²) in [5.41, 5.74) is -0.687. The average Bonchev–Trinajstić information content (AvgIpc) is 3.36. The molecule has 31 heavy (non-hydrogen) atoms. The lowest BCUT2D eigenvalue weighted by atomic mass is 10.2. The molecular weight excluding hydrogens is 446 g/mol. The molecule has 2 rings (SSSR count). The lowest BCUT2D eigenvalue weighted by Gasteiger charge is -2.24. The summed E-state index contributed by atoms with van der Waals surface area (Å²) in [5, 5.41) is 6.08. The molecule has 170 valence electrons. The van der Waals surface area contributed by atoms with Gasteiger partial charge in [-0.05, 0) is 43.7 Å². The van der Waals surface area contributed by atoms with Crippen molar-refractivity contribution in [2.75, 3.05) is 27.4 Å². The van der Waals surface area contributed by atoms with E-state index in [1.807, 2.05) is 0 Å². The van der Waals surface area contributed by atoms with E-state index < -0.39 is 29.7 Å². The highest BCUT2D eigenvalue weighted by atomic mass is 32.1. The molecule has 0 saturated carbocycles. The van der Waals surface area contributed by atoms with Crippen LogP contribution < -0.4 is 14.8 Å². The first-order valence-corrected chi connectivity index (χ1v) is 11.0. The summed E-state index contributed by atoms with van der Waals surface area (Å²) < 4.78 is 26.2. The number of ether oxygens (including phenoxy) is 5. The normalized spacial score (nSPS) is 11.0. The minimum Gasteiger partial charge on any atom is -0.490 e. The van der Waals surface area contributed by atoms with Gasteiger partial charge in [-0.3, -0.25) is 0 Å². The van der Waals surface area contributed by atoms with E-state index in [0.717, 1.165) is 0 Å². The molecule has 0 aromatic carbocycles. The summed E-state index contributed by atoms with van der Waals surface area (Å²) in [6, 6.07) is 2.62. The molecule has 0 aliphatic rings. The van der Waals surface area contributed by atoms with Crippen LogP contribution in [0.4, 0.5) is 4.79 Å². The Bertz CT molecular complexity index is 841. The number of hydrogen-bond acceptors (Lipinski definition) is 10. The summed E-state index contributed by atoms with van der Waals surface area (Å²) in [5.74, 6) is -0.366. The van der Waals surface area contributed by atoms with Gasteiger partial charge in [0.15, 0.2) is 9.75 Å². The van der Waals surface area contributed by atoms with E-state index in [9.17, 15) is 14.4 Å². The smallest absolute Gasteiger partial charge is 0.408 e. The Balaban J connectivity index is 2.09. The van der Waals surface area contributed by atoms with Crippen LogP contribution in [0.15, 0.2) is 22.9 Å². The summed E-state index contributed by atoms with van der Waals surface area (Å²) in [6.07, 6.45) is -0.651. The SMILES string of the molecule is COC(=O)c1sccc1OCC(COc1ccsc1C(=O)OC)NC(=O)OC(C)(C)C. The fourth-order valence-electron chi connectivity index (χ4n) is 2.29. The average molecular weight is 472 g/mol. The maximum absolute atomic E-state index is 12.2. The van der Waals surface area contributed by atoms with Crippen LogP contribution in [0.5, 0.6) is 11.5 Å². The molecule has 2 aromatic rings. The molecule has 0 fully saturated rings. The van der Waals surface area contributed by atoms with Crippen molar-refractivity contribution in [3.05, 3.63) is 32.6 Å². The number of carbonyl (C=O) groups excluding carboxylic acids is 3. The fourth-order valence-corrected chi connectivity index (χ4v) is 3.79. The van der Waals surface area contributed by atoms with Crippen molar-refractivity contribution in [1.82, 2.24) is 5.32 Å². The molecule has 0 aliphatic carbocycles. The lowest BCUT2D eigenvalue weighted by molar-refractivity contribution is 0.0458. The van der Waals surface area contributed by atoms with E-state index >= 15 is 0 Å². The standard InChI is InChI=1S/C20H25NO8S2/c1-20(2,3)29-19(24)21-12(10-27-13-6-8-30-15(13)17(22)25-4)11-28-14-7-9-31-16(14)18(23)26-5/h6-9,12H,10-11H2,1-5H3,(H,21,24). The zero-order chi connectivity index (χ0) is 23.0. The highest BCUT2D eigenvalue weighted by Crippen LogP contribution is 2.27. The number of thiophene rings is 2. The van der Waals surface area contributed by atoms with Crippen molar-refractivity contribution >= 4 is 40.7 Å². The molecule has 0 unspecified atom stereocenters. The van der Waals surface area contributed by atoms with Crippen molar-refractivity contribution < 1.29 is 38.1 Å². The Morgan fingerprint density at radius 2 is 1.35 bits per heavy atom. The number of hydrogen-bond donors (Lipinski definition) is 1. The summed E-state index contributed by atoms with van der Waals surface area (Å²) in [7, 11) is 2.57. The molecule has 0 saturated heterocycles. The maximum Gasteiger partial charge on any atom is 0.408 e. The Kier molecular flexibility index (Phi) is 8.69. The Morgan fingerprint density at radius 1 is 0.903 bits per heavy atom. The molecular formula is C20H25NO8S2. The number of amides is 1. The molecule has 0 atom stereocenters. The van der Waals surface area contributed by atoms with E-state index in [-0.39, 0.29) is 13.2 Å². The second-order valence-corrected chi connectivity index (χ2v) is 9.01. The quantitative estimate of drug-likeness (QED) is 0.435. The van der Waals surface area contributed by atoms with Gasteiger partial charge in [-0.1, -0.05) is 0 Å². The fraction of sp³-hybridized carbons (Fsp3) is 0.450. The topological polar surface area (TPSA) is 109 Å². The minimum atomic E-state index is -0.687. The molecule has 9 nitrogen and oxygen atoms in total. The number of rotatable bonds is 9. The number of nitrogens with one attached hydrogen (secondary N) is 1. The van der Waals surface area contributed by atoms with Gasteiger partial charge >= 0.3 is 18.0 Å². The van der Waals surface area contributed by atoms with Gasteiger partial charge in [0.2, 0.25) is 0 Å². The highest BCUT2D eigenvalue weighted by Gasteiger charge is 2.23. The summed E-state index contributed by atoms with van der Waals surface area (Å²) in [4.78, 5) is 36.5. The van der Waals surface area contributed by atoms with Gasteiger partial charge in [-0.25, -0.2) is 14.4 Å². The van der Waals surface area contributed by atoms with Crippen LogP contribution in [-0.2, 0) is 14.2 Å². The van der Waals surface area contributed by atoms with Crippen LogP contribution in [0.1, 0.15) is 40.1 Å². The van der Waals surface area contributed by atoms with Gasteiger partial charge in [0.25, 0.3) is 0 Å². The Morgan fingerprint density at radius 3 is 1.74 bits per heavy atom. The first-order chi connectivity index (χ1) is 14.6. The third-order valence-corrected chi connectivity index (χ3v) is 5.35. The number of methoxy groups -OCH3 is 2. The zero-order valence-electron chi connectivity index (χ0n) is 17.9. The Labute approximate surface area is 188 Å². The number of alkyl carbamates (subject to hydrolysis) is 1. The second-order valence-electron chi connectivity index (χ2n) is 7.18. The third kappa shape index (κ3) is 7.44. The van der Waals surface area contributed by atoms with Crippen molar-refractivity contribution in [1.29, 1.82) is 0 Å². The molecule has 0 aliphatic heterocycles. The number of esters is 2. The van der Waals surface area contributed by atoms with Crippen LogP contribution in [0, 0.1) is 0 Å². The summed E-state index contributed by atoms with van der Waals surface area (Å²) >= 11 is 2.36. The third-order valence-electron chi connectivity index (χ3n) is 3.60. The predicted octanol–water partition coefficient (Wildman–Crippen LogP) is 3.73. The van der Waals surface area contributed by atoms with E-state index in [0.29, 0.717) is 21.3 Å². The van der Waals surface area contributed by atoms with Gasteiger partial charge in [0, 0.05) is 0 Å². The van der Waals surface area contributed by atoms with E-state index in [4.69, 9.17) is 23.7 Å². The lowest BCUT2D eigenvalue weighted by Crippen LogP contribution is -2.45. The van der Waals surface area contributed by atoms with Crippen LogP contribution in [-0.4, -0.2) is 57.1 Å². The van der Waals surface area contributed by atoms with Crippen LogP contribution in [0.3, 0.4) is 0 Å². The second kappa shape index (κ2) is 11.0. The zero-order valence-corrected chi connectivity index (χ0v) is 19.5. The van der Waals surface area contributed by atoms with Crippen LogP contribution in [0.25, 0.3) is 0 Å². The van der Waals surface area contributed by atoms with Crippen molar-refractivity contribution in [2.24, 2.45) is 0 Å². The van der Waals surface area contributed by atoms with Crippen LogP contribution >= 0.6 is 22.7 Å². The monoisotopic (exact) mass is 471 g/mol. The van der Waals surface area contributed by atoms with Crippen molar-refractivity contribution in [3.63, 3.8) is 0 Å². The van der Waals surface area contributed by atoms with Crippen molar-refractivity contribution in [2.45, 2.75) is 32.4 Å². The predicted molar refractivity (Wildman–Crippen MR) is 115 cm³/mol. The summed E-state index contributed by atoms with van der Waals surface area (Å²) in [6.45, 7) is 5.21. The molecule has 1 N–H and O–H groups in total. The molecule has 2 heterocycles. The molecule has 0 bridgehead atoms. The largest absolute Gasteiger partial charge is 0.490 e. The van der Waals surface area contributed by atoms with Gasteiger partial charge in [-0.15, -0.1) is 22.7 Å². The first kappa shape index (κ1) is 24.5. The van der Waals surface area contributed by atoms with E-state index in [2.05, 4.69) is 5.32 Å². The molecule has 0 spiro atoms. The number of carbonyl (C=O) groups is 3. The van der Waals surface area contributed by atoms with E-state index in [1.54, 1.807) is 43.7 Å². The minimum absolute atomic E-state index is 0.0162. The van der Waals surface area contributed by atoms with Crippen LogP contribution in [0.2, 0.25) is 0 Å². The Hall–Kier alpha value is -2.79. The first-order valence-electron chi connectivity index (χ1n) is 9.21. The molecule has 11 heteroatoms. The molecule has 2 aromatic heterocycles.